The molecule has 0 aliphatic carbocycles. The van der Waals surface area contributed by atoms with Gasteiger partial charge in [-0.1, -0.05) is 0 Å². The minimum absolute atomic E-state index is 0.211. The van der Waals surface area contributed by atoms with Crippen LogP contribution in [0.2, 0.25) is 0 Å². The van der Waals surface area contributed by atoms with E-state index in [-0.39, 0.29) is 6.10 Å². The molecule has 0 fully saturated rings. The molecule has 0 bridgehead atoms. The third-order valence-electron chi connectivity index (χ3n) is 2.60. The largest absolute Gasteiger partial charge is 0.382 e. The Hall–Kier alpha value is -0.0700. The molecule has 17 heavy (non-hydrogen) atoms. The Morgan fingerprint density at radius 2 is 2.35 bits per heavy atom. The fraction of sp³-hybridized carbons (Fsp3) is 0.667. The van der Waals surface area contributed by atoms with Gasteiger partial charge < -0.3 is 14.2 Å². The molecule has 1 aromatic heterocycles. The van der Waals surface area contributed by atoms with Gasteiger partial charge in [-0.05, 0) is 30.0 Å². The molecule has 0 saturated heterocycles. The molecule has 96 valence electrons. The summed E-state index contributed by atoms with van der Waals surface area (Å²) >= 11 is 3.73. The van der Waals surface area contributed by atoms with E-state index in [9.17, 15) is 0 Å². The van der Waals surface area contributed by atoms with E-state index in [1.165, 1.54) is 21.9 Å². The molecule has 1 aliphatic heterocycles. The minimum atomic E-state index is 0.211. The van der Waals surface area contributed by atoms with Crippen LogP contribution in [0, 0.1) is 0 Å². The Morgan fingerprint density at radius 1 is 1.41 bits per heavy atom. The molecule has 0 spiro atoms. The number of thioether (sulfide) groups is 1. The number of methoxy groups -OCH3 is 1. The summed E-state index contributed by atoms with van der Waals surface area (Å²) < 4.78 is 16.1. The van der Waals surface area contributed by atoms with Gasteiger partial charge >= 0.3 is 0 Å². The molecule has 2 rings (SSSR count). The molecule has 0 amide bonds. The van der Waals surface area contributed by atoms with Gasteiger partial charge in [0.25, 0.3) is 0 Å². The Labute approximate surface area is 110 Å². The monoisotopic (exact) mass is 274 g/mol. The summed E-state index contributed by atoms with van der Waals surface area (Å²) in [7, 11) is 1.67. The van der Waals surface area contributed by atoms with Gasteiger partial charge in [0, 0.05) is 16.9 Å². The number of hydrogen-bond acceptors (Lipinski definition) is 5. The zero-order valence-corrected chi connectivity index (χ0v) is 11.6. The summed E-state index contributed by atoms with van der Waals surface area (Å²) in [4.78, 5) is 2.75. The summed E-state index contributed by atoms with van der Waals surface area (Å²) in [6.07, 6.45) is 2.51. The van der Waals surface area contributed by atoms with E-state index in [4.69, 9.17) is 14.2 Å². The first-order valence-electron chi connectivity index (χ1n) is 5.80. The molecule has 1 aromatic rings. The number of rotatable bonds is 6. The molecule has 0 radical (unpaired) electrons. The van der Waals surface area contributed by atoms with Gasteiger partial charge in [0.1, 0.15) is 6.79 Å². The zero-order chi connectivity index (χ0) is 11.9. The van der Waals surface area contributed by atoms with Crippen molar-refractivity contribution < 1.29 is 14.2 Å². The molecular weight excluding hydrogens is 256 g/mol. The molecule has 1 atom stereocenters. The van der Waals surface area contributed by atoms with E-state index in [0.717, 1.165) is 6.42 Å². The quantitative estimate of drug-likeness (QED) is 0.587. The highest BCUT2D eigenvalue weighted by Gasteiger charge is 2.20. The van der Waals surface area contributed by atoms with Crippen LogP contribution in [0.15, 0.2) is 16.3 Å². The highest BCUT2D eigenvalue weighted by Crippen LogP contribution is 2.39. The molecular formula is C12H18O3S2. The van der Waals surface area contributed by atoms with Crippen molar-refractivity contribution >= 4 is 23.1 Å². The number of fused-ring (bicyclic) bond motifs is 1. The van der Waals surface area contributed by atoms with Crippen molar-refractivity contribution in [1.82, 2.24) is 0 Å². The fourth-order valence-electron chi connectivity index (χ4n) is 1.74. The topological polar surface area (TPSA) is 27.7 Å². The van der Waals surface area contributed by atoms with E-state index in [2.05, 4.69) is 11.4 Å². The van der Waals surface area contributed by atoms with Crippen molar-refractivity contribution in [2.75, 3.05) is 32.9 Å². The Bertz CT molecular complexity index is 327. The number of hydrogen-bond donors (Lipinski definition) is 0. The van der Waals surface area contributed by atoms with E-state index >= 15 is 0 Å². The van der Waals surface area contributed by atoms with Crippen molar-refractivity contribution in [3.8, 4) is 0 Å². The third kappa shape index (κ3) is 3.96. The first kappa shape index (κ1) is 13.4. The van der Waals surface area contributed by atoms with Gasteiger partial charge in [0.15, 0.2) is 0 Å². The lowest BCUT2D eigenvalue weighted by Gasteiger charge is -2.15. The lowest BCUT2D eigenvalue weighted by atomic mass is 10.2. The summed E-state index contributed by atoms with van der Waals surface area (Å²) in [5.41, 5.74) is 0. The standard InChI is InChI=1S/C12H18O3S2/c1-13-5-6-14-9-15-10-3-2-7-16-11-4-8-17-12(10)11/h4,8,10H,2-3,5-7,9H2,1H3. The van der Waals surface area contributed by atoms with Gasteiger partial charge in [0.2, 0.25) is 0 Å². The predicted molar refractivity (Wildman–Crippen MR) is 70.8 cm³/mol. The van der Waals surface area contributed by atoms with E-state index in [1.807, 2.05) is 11.8 Å². The third-order valence-corrected chi connectivity index (χ3v) is 4.90. The van der Waals surface area contributed by atoms with Crippen LogP contribution in [0.25, 0.3) is 0 Å². The first-order valence-corrected chi connectivity index (χ1v) is 7.67. The molecule has 0 aromatic carbocycles. The molecule has 1 aliphatic rings. The van der Waals surface area contributed by atoms with Gasteiger partial charge in [0.05, 0.1) is 19.3 Å². The second kappa shape index (κ2) is 7.38. The maximum atomic E-state index is 5.81. The zero-order valence-electron chi connectivity index (χ0n) is 10.0. The molecule has 0 N–H and O–H groups in total. The molecule has 2 heterocycles. The van der Waals surface area contributed by atoms with Crippen LogP contribution in [-0.4, -0.2) is 32.9 Å². The van der Waals surface area contributed by atoms with Crippen molar-refractivity contribution in [3.05, 3.63) is 16.3 Å². The van der Waals surface area contributed by atoms with Gasteiger partial charge in [-0.15, -0.1) is 23.1 Å². The first-order chi connectivity index (χ1) is 8.42. The Balaban J connectivity index is 1.80. The summed E-state index contributed by atoms with van der Waals surface area (Å²) in [5, 5.41) is 2.14. The maximum absolute atomic E-state index is 5.81. The SMILES string of the molecule is COCCOCOC1CCCSc2ccsc21. The van der Waals surface area contributed by atoms with Crippen LogP contribution in [0.3, 0.4) is 0 Å². The highest BCUT2D eigenvalue weighted by atomic mass is 32.2. The minimum Gasteiger partial charge on any atom is -0.382 e. The van der Waals surface area contributed by atoms with Crippen molar-refractivity contribution in [2.24, 2.45) is 0 Å². The van der Waals surface area contributed by atoms with Crippen LogP contribution < -0.4 is 0 Å². The lowest BCUT2D eigenvalue weighted by Crippen LogP contribution is -2.09. The maximum Gasteiger partial charge on any atom is 0.147 e. The van der Waals surface area contributed by atoms with E-state index in [0.29, 0.717) is 20.0 Å². The van der Waals surface area contributed by atoms with E-state index in [1.54, 1.807) is 18.4 Å². The predicted octanol–water partition coefficient (Wildman–Crippen LogP) is 3.31. The smallest absolute Gasteiger partial charge is 0.147 e. The van der Waals surface area contributed by atoms with Gasteiger partial charge in [-0.3, -0.25) is 0 Å². The van der Waals surface area contributed by atoms with Crippen LogP contribution in [0.5, 0.6) is 0 Å². The van der Waals surface area contributed by atoms with Crippen molar-refractivity contribution in [3.63, 3.8) is 0 Å². The van der Waals surface area contributed by atoms with Crippen molar-refractivity contribution in [2.45, 2.75) is 23.8 Å². The lowest BCUT2D eigenvalue weighted by molar-refractivity contribution is -0.100. The van der Waals surface area contributed by atoms with Crippen LogP contribution >= 0.6 is 23.1 Å². The molecule has 5 heteroatoms. The van der Waals surface area contributed by atoms with Crippen molar-refractivity contribution in [1.29, 1.82) is 0 Å². The van der Waals surface area contributed by atoms with Crippen LogP contribution in [0.4, 0.5) is 0 Å². The molecule has 0 saturated carbocycles. The van der Waals surface area contributed by atoms with Crippen LogP contribution in [-0.2, 0) is 14.2 Å². The van der Waals surface area contributed by atoms with Crippen LogP contribution in [0.1, 0.15) is 23.8 Å². The average molecular weight is 274 g/mol. The highest BCUT2D eigenvalue weighted by molar-refractivity contribution is 7.99. The summed E-state index contributed by atoms with van der Waals surface area (Å²) in [5.74, 6) is 1.19. The average Bonchev–Trinajstić information content (AvgIpc) is 2.72. The summed E-state index contributed by atoms with van der Waals surface area (Å²) in [6, 6.07) is 2.19. The van der Waals surface area contributed by atoms with Gasteiger partial charge in [-0.25, -0.2) is 0 Å². The molecule has 1 unspecified atom stereocenters. The van der Waals surface area contributed by atoms with E-state index < -0.39 is 0 Å². The Morgan fingerprint density at radius 3 is 3.24 bits per heavy atom. The second-order valence-corrected chi connectivity index (χ2v) is 5.90. The normalized spacial score (nSPS) is 19.9. The van der Waals surface area contributed by atoms with Gasteiger partial charge in [-0.2, -0.15) is 0 Å². The Kier molecular flexibility index (Phi) is 5.80. The number of thiophene rings is 1. The molecule has 3 nitrogen and oxygen atoms in total. The second-order valence-electron chi connectivity index (χ2n) is 3.81. The fourth-order valence-corrected chi connectivity index (χ4v) is 3.98. The summed E-state index contributed by atoms with van der Waals surface area (Å²) in [6.45, 7) is 1.57. The number of ether oxygens (including phenoxy) is 3.